The van der Waals surface area contributed by atoms with E-state index in [0.29, 0.717) is 17.3 Å². The van der Waals surface area contributed by atoms with Crippen LogP contribution >= 0.6 is 11.6 Å². The van der Waals surface area contributed by atoms with E-state index in [0.717, 1.165) is 10.9 Å². The Morgan fingerprint density at radius 2 is 2.12 bits per heavy atom. The van der Waals surface area contributed by atoms with E-state index in [-0.39, 0.29) is 5.91 Å². The molecule has 84 valence electrons. The van der Waals surface area contributed by atoms with Crippen LogP contribution in [0.4, 0.5) is 0 Å². The molecule has 0 bridgehead atoms. The minimum atomic E-state index is -0.133. The Hall–Kier alpha value is -1.48. The van der Waals surface area contributed by atoms with Crippen LogP contribution in [0, 0.1) is 0 Å². The molecule has 0 saturated carbocycles. The maximum Gasteiger partial charge on any atom is 0.269 e. The molecule has 3 nitrogen and oxygen atoms in total. The van der Waals surface area contributed by atoms with E-state index in [1.807, 2.05) is 42.8 Å². The lowest BCUT2D eigenvalue weighted by Gasteiger charge is -2.04. The van der Waals surface area contributed by atoms with Gasteiger partial charge in [0.2, 0.25) is 0 Å². The van der Waals surface area contributed by atoms with E-state index in [1.165, 1.54) is 0 Å². The molecule has 1 aromatic carbocycles. The van der Waals surface area contributed by atoms with Crippen molar-refractivity contribution in [3.05, 3.63) is 35.0 Å². The molecule has 0 aliphatic rings. The summed E-state index contributed by atoms with van der Waals surface area (Å²) in [4.78, 5) is 11.8. The molecule has 1 aromatic heterocycles. The summed E-state index contributed by atoms with van der Waals surface area (Å²) in [5.41, 5.74) is 1.48. The van der Waals surface area contributed by atoms with E-state index >= 15 is 0 Å². The maximum atomic E-state index is 11.8. The zero-order valence-corrected chi connectivity index (χ0v) is 10.0. The van der Waals surface area contributed by atoms with Crippen LogP contribution in [0.15, 0.2) is 24.3 Å². The highest BCUT2D eigenvalue weighted by Gasteiger charge is 2.18. The fourth-order valence-corrected chi connectivity index (χ4v) is 2.22. The number of hydrogen-bond acceptors (Lipinski definition) is 1. The number of hydrogen-bond donors (Lipinski definition) is 1. The number of halogens is 1. The normalized spacial score (nSPS) is 10.7. The first kappa shape index (κ1) is 11.0. The summed E-state index contributed by atoms with van der Waals surface area (Å²) in [5.74, 6) is -0.133. The second-order valence-electron chi connectivity index (χ2n) is 3.60. The number of aromatic nitrogens is 1. The molecule has 0 radical (unpaired) electrons. The van der Waals surface area contributed by atoms with Crippen molar-refractivity contribution >= 4 is 28.4 Å². The number of amides is 1. The van der Waals surface area contributed by atoms with Gasteiger partial charge in [0.1, 0.15) is 5.69 Å². The minimum Gasteiger partial charge on any atom is -0.351 e. The Morgan fingerprint density at radius 1 is 1.44 bits per heavy atom. The largest absolute Gasteiger partial charge is 0.351 e. The molecule has 4 heteroatoms. The fourth-order valence-electron chi connectivity index (χ4n) is 1.84. The first-order valence-corrected chi connectivity index (χ1v) is 5.55. The quantitative estimate of drug-likeness (QED) is 0.855. The molecular weight excluding hydrogens is 224 g/mol. The van der Waals surface area contributed by atoms with E-state index in [9.17, 15) is 4.79 Å². The van der Waals surface area contributed by atoms with Gasteiger partial charge in [-0.2, -0.15) is 0 Å². The van der Waals surface area contributed by atoms with Gasteiger partial charge in [-0.25, -0.2) is 0 Å². The second-order valence-corrected chi connectivity index (χ2v) is 3.98. The van der Waals surface area contributed by atoms with Gasteiger partial charge < -0.3 is 9.88 Å². The highest BCUT2D eigenvalue weighted by atomic mass is 35.5. The van der Waals surface area contributed by atoms with Gasteiger partial charge in [-0.15, -0.1) is 0 Å². The lowest BCUT2D eigenvalue weighted by atomic mass is 10.2. The van der Waals surface area contributed by atoms with Crippen molar-refractivity contribution < 1.29 is 4.79 Å². The van der Waals surface area contributed by atoms with Crippen molar-refractivity contribution in [2.75, 3.05) is 6.54 Å². The van der Waals surface area contributed by atoms with Crippen LogP contribution < -0.4 is 5.32 Å². The van der Waals surface area contributed by atoms with Crippen LogP contribution in [-0.4, -0.2) is 17.0 Å². The molecule has 2 rings (SSSR count). The summed E-state index contributed by atoms with van der Waals surface area (Å²) in [6, 6.07) is 7.71. The Morgan fingerprint density at radius 3 is 2.75 bits per heavy atom. The Balaban J connectivity index is 2.66. The number of rotatable bonds is 2. The fraction of sp³-hybridized carbons (Fsp3) is 0.250. The number of aryl methyl sites for hydroxylation is 1. The molecule has 1 amide bonds. The van der Waals surface area contributed by atoms with Crippen molar-refractivity contribution in [1.82, 2.24) is 9.88 Å². The van der Waals surface area contributed by atoms with Gasteiger partial charge in [0, 0.05) is 24.5 Å². The molecule has 0 saturated heterocycles. The van der Waals surface area contributed by atoms with Gasteiger partial charge >= 0.3 is 0 Å². The molecule has 2 aromatic rings. The number of benzene rings is 1. The van der Waals surface area contributed by atoms with Crippen molar-refractivity contribution in [3.8, 4) is 0 Å². The SMILES string of the molecule is CCNC(=O)c1c(Cl)c2ccccc2n1C. The zero-order valence-electron chi connectivity index (χ0n) is 9.25. The lowest BCUT2D eigenvalue weighted by molar-refractivity contribution is 0.0948. The average molecular weight is 237 g/mol. The number of carbonyl (C=O) groups is 1. The van der Waals surface area contributed by atoms with Gasteiger partial charge in [-0.3, -0.25) is 4.79 Å². The summed E-state index contributed by atoms with van der Waals surface area (Å²) in [6.45, 7) is 2.48. The second kappa shape index (κ2) is 4.18. The van der Waals surface area contributed by atoms with Crippen LogP contribution in [0.5, 0.6) is 0 Å². The number of para-hydroxylation sites is 1. The first-order chi connectivity index (χ1) is 7.66. The van der Waals surface area contributed by atoms with Crippen molar-refractivity contribution in [2.45, 2.75) is 6.92 Å². The molecule has 0 aliphatic heterocycles. The predicted molar refractivity (Wildman–Crippen MR) is 65.9 cm³/mol. The average Bonchev–Trinajstić information content (AvgIpc) is 2.53. The molecule has 0 fully saturated rings. The summed E-state index contributed by atoms with van der Waals surface area (Å²) in [7, 11) is 1.85. The summed E-state index contributed by atoms with van der Waals surface area (Å²) in [6.07, 6.45) is 0. The van der Waals surface area contributed by atoms with Crippen molar-refractivity contribution in [3.63, 3.8) is 0 Å². The number of fused-ring (bicyclic) bond motifs is 1. The molecule has 16 heavy (non-hydrogen) atoms. The number of nitrogens with zero attached hydrogens (tertiary/aromatic N) is 1. The predicted octanol–water partition coefficient (Wildman–Crippen LogP) is 2.58. The minimum absolute atomic E-state index is 0.133. The van der Waals surface area contributed by atoms with E-state index in [2.05, 4.69) is 5.32 Å². The highest BCUT2D eigenvalue weighted by molar-refractivity contribution is 6.38. The zero-order chi connectivity index (χ0) is 11.7. The van der Waals surface area contributed by atoms with Crippen LogP contribution in [-0.2, 0) is 7.05 Å². The molecule has 0 atom stereocenters. The van der Waals surface area contributed by atoms with Crippen LogP contribution in [0.2, 0.25) is 5.02 Å². The lowest BCUT2D eigenvalue weighted by Crippen LogP contribution is -2.25. The van der Waals surface area contributed by atoms with Gasteiger partial charge in [0.25, 0.3) is 5.91 Å². The summed E-state index contributed by atoms with van der Waals surface area (Å²) >= 11 is 6.21. The smallest absolute Gasteiger partial charge is 0.269 e. The van der Waals surface area contributed by atoms with E-state index in [4.69, 9.17) is 11.6 Å². The molecule has 0 aliphatic carbocycles. The topological polar surface area (TPSA) is 34.0 Å². The summed E-state index contributed by atoms with van der Waals surface area (Å²) in [5, 5.41) is 4.19. The standard InChI is InChI=1S/C12H13ClN2O/c1-3-14-12(16)11-10(13)8-6-4-5-7-9(8)15(11)2/h4-7H,3H2,1-2H3,(H,14,16). The van der Waals surface area contributed by atoms with Crippen molar-refractivity contribution in [1.29, 1.82) is 0 Å². The molecule has 1 N–H and O–H groups in total. The van der Waals surface area contributed by atoms with Crippen LogP contribution in [0.3, 0.4) is 0 Å². The van der Waals surface area contributed by atoms with Gasteiger partial charge in [0.15, 0.2) is 0 Å². The third-order valence-corrected chi connectivity index (χ3v) is 2.98. The van der Waals surface area contributed by atoms with E-state index in [1.54, 1.807) is 0 Å². The van der Waals surface area contributed by atoms with Gasteiger partial charge in [0.05, 0.1) is 5.02 Å². The molecule has 1 heterocycles. The monoisotopic (exact) mass is 236 g/mol. The van der Waals surface area contributed by atoms with Crippen molar-refractivity contribution in [2.24, 2.45) is 7.05 Å². The summed E-state index contributed by atoms with van der Waals surface area (Å²) < 4.78 is 1.82. The Labute approximate surface area is 99.0 Å². The van der Waals surface area contributed by atoms with Crippen LogP contribution in [0.1, 0.15) is 17.4 Å². The third kappa shape index (κ3) is 1.57. The number of carbonyl (C=O) groups excluding carboxylic acids is 1. The molecule has 0 unspecified atom stereocenters. The first-order valence-electron chi connectivity index (χ1n) is 5.18. The van der Waals surface area contributed by atoms with Gasteiger partial charge in [-0.1, -0.05) is 29.8 Å². The Kier molecular flexibility index (Phi) is 2.88. The molecule has 0 spiro atoms. The third-order valence-electron chi connectivity index (χ3n) is 2.60. The van der Waals surface area contributed by atoms with E-state index < -0.39 is 0 Å². The van der Waals surface area contributed by atoms with Crippen LogP contribution in [0.25, 0.3) is 10.9 Å². The Bertz CT molecular complexity index is 506. The highest BCUT2D eigenvalue weighted by Crippen LogP contribution is 2.29. The number of nitrogens with one attached hydrogen (secondary N) is 1. The maximum absolute atomic E-state index is 11.8. The molecular formula is C12H13ClN2O. The van der Waals surface area contributed by atoms with Gasteiger partial charge in [-0.05, 0) is 13.0 Å².